The third-order valence-electron chi connectivity index (χ3n) is 2.12. The molecule has 0 aliphatic heterocycles. The van der Waals surface area contributed by atoms with Gasteiger partial charge in [0.05, 0.1) is 5.69 Å². The number of nitriles is 1. The molecule has 3 nitrogen and oxygen atoms in total. The van der Waals surface area contributed by atoms with Crippen molar-refractivity contribution in [3.8, 4) is 6.07 Å². The molecule has 0 amide bonds. The highest BCUT2D eigenvalue weighted by molar-refractivity contribution is 7.16. The molecule has 0 spiro atoms. The lowest BCUT2D eigenvalue weighted by atomic mass is 10.3. The van der Waals surface area contributed by atoms with E-state index in [1.807, 2.05) is 6.92 Å². The lowest BCUT2D eigenvalue weighted by molar-refractivity contribution is 0.762. The van der Waals surface area contributed by atoms with Gasteiger partial charge in [0, 0.05) is 6.04 Å². The number of aryl methyl sites for hydroxylation is 1. The summed E-state index contributed by atoms with van der Waals surface area (Å²) in [5, 5.41) is 13.0. The number of hydrogen-bond acceptors (Lipinski definition) is 4. The van der Waals surface area contributed by atoms with E-state index < -0.39 is 0 Å². The lowest BCUT2D eigenvalue weighted by Crippen LogP contribution is -2.12. The van der Waals surface area contributed by atoms with Crippen LogP contribution in [0.25, 0.3) is 0 Å². The predicted molar refractivity (Wildman–Crippen MR) is 59.6 cm³/mol. The van der Waals surface area contributed by atoms with Crippen LogP contribution < -0.4 is 5.32 Å². The van der Waals surface area contributed by atoms with Gasteiger partial charge in [-0.15, -0.1) is 0 Å². The quantitative estimate of drug-likeness (QED) is 0.829. The first-order valence-electron chi connectivity index (χ1n) is 4.87. The summed E-state index contributed by atoms with van der Waals surface area (Å²) in [7, 11) is 0. The third kappa shape index (κ3) is 2.46. The summed E-state index contributed by atoms with van der Waals surface area (Å²) in [6, 6.07) is 2.59. The molecular weight excluding hydrogens is 194 g/mol. The fourth-order valence-electron chi connectivity index (χ4n) is 1.05. The number of nitrogens with zero attached hydrogens (tertiary/aromatic N) is 2. The number of anilines is 1. The predicted octanol–water partition coefficient (Wildman–Crippen LogP) is 2.79. The van der Waals surface area contributed by atoms with Crippen molar-refractivity contribution in [1.82, 2.24) is 4.98 Å². The Labute approximate surface area is 88.8 Å². The van der Waals surface area contributed by atoms with Gasteiger partial charge >= 0.3 is 0 Å². The normalized spacial score (nSPS) is 12.1. The van der Waals surface area contributed by atoms with Crippen LogP contribution in [0.1, 0.15) is 37.8 Å². The largest absolute Gasteiger partial charge is 0.359 e. The van der Waals surface area contributed by atoms with Crippen LogP contribution in [0.5, 0.6) is 0 Å². The molecule has 1 N–H and O–H groups in total. The minimum Gasteiger partial charge on any atom is -0.359 e. The second-order valence-electron chi connectivity index (χ2n) is 3.21. The zero-order valence-corrected chi connectivity index (χ0v) is 9.61. The third-order valence-corrected chi connectivity index (χ3v) is 3.05. The van der Waals surface area contributed by atoms with E-state index in [0.29, 0.717) is 6.04 Å². The monoisotopic (exact) mass is 209 g/mol. The smallest absolute Gasteiger partial charge is 0.184 e. The maximum absolute atomic E-state index is 8.85. The summed E-state index contributed by atoms with van der Waals surface area (Å²) in [4.78, 5) is 5.11. The van der Waals surface area contributed by atoms with E-state index in [1.165, 1.54) is 11.3 Å². The topological polar surface area (TPSA) is 48.7 Å². The Hall–Kier alpha value is -1.08. The minimum atomic E-state index is 0.414. The minimum absolute atomic E-state index is 0.414. The van der Waals surface area contributed by atoms with Gasteiger partial charge < -0.3 is 5.32 Å². The standard InChI is InChI=1S/C10H15N3S/c1-4-7(3)12-10-13-8(5-2)9(6-11)14-10/h7H,4-5H2,1-3H3,(H,12,13). The summed E-state index contributed by atoms with van der Waals surface area (Å²) in [6.07, 6.45) is 1.88. The Morgan fingerprint density at radius 1 is 1.57 bits per heavy atom. The second-order valence-corrected chi connectivity index (χ2v) is 4.21. The molecule has 0 aliphatic carbocycles. The highest BCUT2D eigenvalue weighted by Gasteiger charge is 2.09. The first kappa shape index (κ1) is 11.0. The van der Waals surface area contributed by atoms with Crippen LogP contribution in [-0.2, 0) is 6.42 Å². The van der Waals surface area contributed by atoms with E-state index in [0.717, 1.165) is 28.5 Å². The summed E-state index contributed by atoms with van der Waals surface area (Å²) in [5.74, 6) is 0. The Morgan fingerprint density at radius 2 is 2.29 bits per heavy atom. The van der Waals surface area contributed by atoms with Crippen molar-refractivity contribution in [3.05, 3.63) is 10.6 Å². The SMILES string of the molecule is CCc1nc(NC(C)CC)sc1C#N. The molecule has 0 fully saturated rings. The zero-order valence-electron chi connectivity index (χ0n) is 8.79. The van der Waals surface area contributed by atoms with Gasteiger partial charge in [-0.2, -0.15) is 5.26 Å². The Morgan fingerprint density at radius 3 is 2.71 bits per heavy atom. The highest BCUT2D eigenvalue weighted by Crippen LogP contribution is 2.23. The fourth-order valence-corrected chi connectivity index (χ4v) is 2.02. The molecule has 1 unspecified atom stereocenters. The maximum atomic E-state index is 8.85. The van der Waals surface area contributed by atoms with Gasteiger partial charge in [0.2, 0.25) is 0 Å². The molecule has 0 aromatic carbocycles. The van der Waals surface area contributed by atoms with Crippen LogP contribution in [0, 0.1) is 11.3 Å². The van der Waals surface area contributed by atoms with E-state index in [-0.39, 0.29) is 0 Å². The van der Waals surface area contributed by atoms with Crippen molar-refractivity contribution < 1.29 is 0 Å². The van der Waals surface area contributed by atoms with Crippen molar-refractivity contribution in [2.75, 3.05) is 5.32 Å². The van der Waals surface area contributed by atoms with Crippen LogP contribution in [0.15, 0.2) is 0 Å². The van der Waals surface area contributed by atoms with Gasteiger partial charge in [-0.1, -0.05) is 25.2 Å². The second kappa shape index (κ2) is 4.97. The molecule has 1 heterocycles. The fraction of sp³-hybridized carbons (Fsp3) is 0.600. The van der Waals surface area contributed by atoms with Gasteiger partial charge in [0.15, 0.2) is 5.13 Å². The summed E-state index contributed by atoms with van der Waals surface area (Å²) < 4.78 is 0. The average molecular weight is 209 g/mol. The van der Waals surface area contributed by atoms with Crippen LogP contribution >= 0.6 is 11.3 Å². The van der Waals surface area contributed by atoms with Crippen LogP contribution in [0.3, 0.4) is 0 Å². The zero-order chi connectivity index (χ0) is 10.6. The van der Waals surface area contributed by atoms with E-state index in [1.54, 1.807) is 0 Å². The van der Waals surface area contributed by atoms with Crippen LogP contribution in [0.4, 0.5) is 5.13 Å². The molecule has 1 aromatic heterocycles. The number of hydrogen-bond donors (Lipinski definition) is 1. The van der Waals surface area contributed by atoms with Crippen molar-refractivity contribution in [2.24, 2.45) is 0 Å². The van der Waals surface area contributed by atoms with Gasteiger partial charge in [-0.3, -0.25) is 0 Å². The van der Waals surface area contributed by atoms with Crippen molar-refractivity contribution in [3.63, 3.8) is 0 Å². The van der Waals surface area contributed by atoms with E-state index in [2.05, 4.69) is 30.2 Å². The van der Waals surface area contributed by atoms with Crippen LogP contribution in [0.2, 0.25) is 0 Å². The van der Waals surface area contributed by atoms with Crippen molar-refractivity contribution in [2.45, 2.75) is 39.7 Å². The highest BCUT2D eigenvalue weighted by atomic mass is 32.1. The molecule has 4 heteroatoms. The first-order chi connectivity index (χ1) is 6.71. The van der Waals surface area contributed by atoms with E-state index in [4.69, 9.17) is 5.26 Å². The maximum Gasteiger partial charge on any atom is 0.184 e. The molecule has 0 saturated carbocycles. The van der Waals surface area contributed by atoms with Crippen molar-refractivity contribution >= 4 is 16.5 Å². The summed E-state index contributed by atoms with van der Waals surface area (Å²) >= 11 is 1.44. The molecule has 0 radical (unpaired) electrons. The number of nitrogens with one attached hydrogen (secondary N) is 1. The van der Waals surface area contributed by atoms with Crippen LogP contribution in [-0.4, -0.2) is 11.0 Å². The number of aromatic nitrogens is 1. The molecule has 1 rings (SSSR count). The molecule has 0 aliphatic rings. The first-order valence-corrected chi connectivity index (χ1v) is 5.69. The molecule has 0 saturated heterocycles. The summed E-state index contributed by atoms with van der Waals surface area (Å²) in [5.41, 5.74) is 0.906. The van der Waals surface area contributed by atoms with Gasteiger partial charge in [-0.25, -0.2) is 4.98 Å². The van der Waals surface area contributed by atoms with Gasteiger partial charge in [0.25, 0.3) is 0 Å². The molecular formula is C10H15N3S. The average Bonchev–Trinajstić information content (AvgIpc) is 2.59. The Kier molecular flexibility index (Phi) is 3.90. The molecule has 76 valence electrons. The lowest BCUT2D eigenvalue weighted by Gasteiger charge is -2.08. The van der Waals surface area contributed by atoms with Gasteiger partial charge in [-0.05, 0) is 19.8 Å². The number of rotatable bonds is 4. The summed E-state index contributed by atoms with van der Waals surface area (Å²) in [6.45, 7) is 6.25. The van der Waals surface area contributed by atoms with E-state index in [9.17, 15) is 0 Å². The Bertz CT molecular complexity index is 338. The molecule has 14 heavy (non-hydrogen) atoms. The molecule has 1 atom stereocenters. The number of thiazole rings is 1. The molecule has 0 bridgehead atoms. The van der Waals surface area contributed by atoms with Crippen molar-refractivity contribution in [1.29, 1.82) is 5.26 Å². The van der Waals surface area contributed by atoms with Gasteiger partial charge in [0.1, 0.15) is 10.9 Å². The Balaban J connectivity index is 2.80. The molecule has 1 aromatic rings. The van der Waals surface area contributed by atoms with E-state index >= 15 is 0 Å².